The lowest BCUT2D eigenvalue weighted by Crippen LogP contribution is -2.43. The van der Waals surface area contributed by atoms with Crippen LogP contribution in [0.4, 0.5) is 0 Å². The number of amides is 1. The van der Waals surface area contributed by atoms with Crippen LogP contribution in [0, 0.1) is 0 Å². The zero-order chi connectivity index (χ0) is 21.5. The molecule has 30 heavy (non-hydrogen) atoms. The number of thiazole rings is 1. The minimum atomic E-state index is -0.807. The van der Waals surface area contributed by atoms with E-state index in [1.165, 1.54) is 11.3 Å². The number of benzene rings is 1. The summed E-state index contributed by atoms with van der Waals surface area (Å²) in [6.45, 7) is 4.33. The molecule has 2 heterocycles. The number of nitrogens with zero attached hydrogens (tertiary/aromatic N) is 1. The van der Waals surface area contributed by atoms with E-state index in [0.717, 1.165) is 35.7 Å². The molecule has 4 N–H and O–H groups in total. The molecule has 0 aliphatic rings. The van der Waals surface area contributed by atoms with Gasteiger partial charge in [0.2, 0.25) is 0 Å². The molecule has 3 rings (SSSR count). The van der Waals surface area contributed by atoms with Crippen molar-refractivity contribution in [2.75, 3.05) is 6.61 Å². The van der Waals surface area contributed by atoms with Crippen molar-refractivity contribution in [1.29, 1.82) is 0 Å². The highest BCUT2D eigenvalue weighted by atomic mass is 32.1. The number of hydrogen-bond acceptors (Lipinski definition) is 6. The van der Waals surface area contributed by atoms with Crippen LogP contribution < -0.4 is 11.1 Å². The first-order valence-corrected chi connectivity index (χ1v) is 11.1. The maximum absolute atomic E-state index is 12.8. The quantitative estimate of drug-likeness (QED) is 0.337. The lowest BCUT2D eigenvalue weighted by molar-refractivity contribution is -0.146. The van der Waals surface area contributed by atoms with Gasteiger partial charge in [-0.15, -0.1) is 11.3 Å². The second kappa shape index (κ2) is 10.4. The Morgan fingerprint density at radius 3 is 2.87 bits per heavy atom. The van der Waals surface area contributed by atoms with E-state index in [-0.39, 0.29) is 11.7 Å². The van der Waals surface area contributed by atoms with Gasteiger partial charge in [0.25, 0.3) is 5.91 Å². The molecule has 0 spiro atoms. The van der Waals surface area contributed by atoms with Crippen molar-refractivity contribution in [2.45, 2.75) is 51.6 Å². The van der Waals surface area contributed by atoms with Crippen molar-refractivity contribution in [2.24, 2.45) is 5.73 Å². The van der Waals surface area contributed by atoms with Crippen LogP contribution in [0.25, 0.3) is 10.9 Å². The molecule has 7 nitrogen and oxygen atoms in total. The van der Waals surface area contributed by atoms with Gasteiger partial charge in [-0.25, -0.2) is 9.78 Å². The summed E-state index contributed by atoms with van der Waals surface area (Å²) in [7, 11) is 0. The van der Waals surface area contributed by atoms with Crippen LogP contribution in [0.2, 0.25) is 0 Å². The molecule has 0 aliphatic heterocycles. The first kappa shape index (κ1) is 22.0. The van der Waals surface area contributed by atoms with Crippen LogP contribution >= 0.6 is 11.3 Å². The minimum absolute atomic E-state index is 0.197. The topological polar surface area (TPSA) is 110 Å². The predicted octanol–water partition coefficient (Wildman–Crippen LogP) is 3.72. The summed E-state index contributed by atoms with van der Waals surface area (Å²) >= 11 is 1.35. The molecule has 0 saturated carbocycles. The van der Waals surface area contributed by atoms with E-state index in [0.29, 0.717) is 18.0 Å². The average Bonchev–Trinajstić information content (AvgIpc) is 3.40. The zero-order valence-corrected chi connectivity index (χ0v) is 18.1. The van der Waals surface area contributed by atoms with E-state index in [1.54, 1.807) is 5.38 Å². The van der Waals surface area contributed by atoms with Gasteiger partial charge in [0.15, 0.2) is 0 Å². The molecule has 3 aromatic rings. The Kier molecular flexibility index (Phi) is 7.59. The van der Waals surface area contributed by atoms with Crippen molar-refractivity contribution in [1.82, 2.24) is 15.3 Å². The van der Waals surface area contributed by atoms with Gasteiger partial charge in [-0.3, -0.25) is 4.79 Å². The molecule has 0 fully saturated rings. The van der Waals surface area contributed by atoms with Gasteiger partial charge in [0, 0.05) is 28.9 Å². The SMILES string of the molecule is CCCCOC(=O)C(Cc1c[nH]c2ccccc12)NC(=O)c1csc(C(N)CC)n1. The maximum atomic E-state index is 12.8. The number of esters is 1. The standard InChI is InChI=1S/C22H28N4O3S/c1-3-5-10-29-22(28)18(11-14-12-24-17-9-7-6-8-15(14)17)25-20(27)19-13-30-21(26-19)16(23)4-2/h6-9,12-13,16,18,24H,3-5,10-11,23H2,1-2H3,(H,25,27). The third-order valence-electron chi connectivity index (χ3n) is 4.94. The fourth-order valence-electron chi connectivity index (χ4n) is 3.10. The van der Waals surface area contributed by atoms with Crippen LogP contribution in [0.15, 0.2) is 35.8 Å². The van der Waals surface area contributed by atoms with E-state index in [4.69, 9.17) is 10.5 Å². The predicted molar refractivity (Wildman–Crippen MR) is 118 cm³/mol. The normalized spacial score (nSPS) is 13.2. The Hall–Kier alpha value is -2.71. The molecule has 0 radical (unpaired) electrons. The zero-order valence-electron chi connectivity index (χ0n) is 17.3. The highest BCUT2D eigenvalue weighted by Crippen LogP contribution is 2.21. The molecular weight excluding hydrogens is 400 g/mol. The minimum Gasteiger partial charge on any atom is -0.464 e. The second-order valence-corrected chi connectivity index (χ2v) is 8.09. The number of carbonyl (C=O) groups excluding carboxylic acids is 2. The fourth-order valence-corrected chi connectivity index (χ4v) is 3.99. The third kappa shape index (κ3) is 5.25. The molecule has 1 aromatic carbocycles. The molecular formula is C22H28N4O3S. The number of aromatic amines is 1. The van der Waals surface area contributed by atoms with Gasteiger partial charge in [0.1, 0.15) is 16.7 Å². The lowest BCUT2D eigenvalue weighted by Gasteiger charge is -2.17. The number of hydrogen-bond donors (Lipinski definition) is 3. The van der Waals surface area contributed by atoms with Gasteiger partial charge in [-0.05, 0) is 24.5 Å². The molecule has 8 heteroatoms. The van der Waals surface area contributed by atoms with E-state index in [2.05, 4.69) is 15.3 Å². The number of nitrogens with one attached hydrogen (secondary N) is 2. The van der Waals surface area contributed by atoms with Gasteiger partial charge >= 0.3 is 5.97 Å². The number of aromatic nitrogens is 2. The van der Waals surface area contributed by atoms with Gasteiger partial charge in [-0.2, -0.15) is 0 Å². The monoisotopic (exact) mass is 428 g/mol. The van der Waals surface area contributed by atoms with Crippen LogP contribution in [-0.2, 0) is 16.0 Å². The summed E-state index contributed by atoms with van der Waals surface area (Å²) in [5, 5.41) is 6.21. The average molecular weight is 429 g/mol. The van der Waals surface area contributed by atoms with Crippen molar-refractivity contribution < 1.29 is 14.3 Å². The number of H-pyrrole nitrogens is 1. The van der Waals surface area contributed by atoms with Crippen molar-refractivity contribution in [3.05, 3.63) is 52.1 Å². The van der Waals surface area contributed by atoms with E-state index in [9.17, 15) is 9.59 Å². The lowest BCUT2D eigenvalue weighted by atomic mass is 10.0. The summed E-state index contributed by atoms with van der Waals surface area (Å²) in [6.07, 6.45) is 4.63. The highest BCUT2D eigenvalue weighted by Gasteiger charge is 2.26. The molecule has 2 aromatic heterocycles. The summed E-state index contributed by atoms with van der Waals surface area (Å²) < 4.78 is 5.40. The molecule has 0 saturated heterocycles. The number of ether oxygens (including phenoxy) is 1. The maximum Gasteiger partial charge on any atom is 0.328 e. The summed E-state index contributed by atoms with van der Waals surface area (Å²) in [4.78, 5) is 33.0. The Bertz CT molecular complexity index is 997. The molecule has 2 unspecified atom stereocenters. The van der Waals surface area contributed by atoms with E-state index >= 15 is 0 Å². The number of carbonyl (C=O) groups is 2. The molecule has 1 amide bonds. The summed E-state index contributed by atoms with van der Waals surface area (Å²) in [5.74, 6) is -0.846. The molecule has 0 bridgehead atoms. The van der Waals surface area contributed by atoms with Crippen molar-refractivity contribution in [3.63, 3.8) is 0 Å². The molecule has 0 aliphatic carbocycles. The van der Waals surface area contributed by atoms with Gasteiger partial charge in [-0.1, -0.05) is 38.5 Å². The Morgan fingerprint density at radius 2 is 2.10 bits per heavy atom. The first-order chi connectivity index (χ1) is 14.5. The summed E-state index contributed by atoms with van der Waals surface area (Å²) in [6, 6.07) is 6.85. The van der Waals surface area contributed by atoms with E-state index in [1.807, 2.05) is 44.3 Å². The van der Waals surface area contributed by atoms with E-state index < -0.39 is 17.9 Å². The Balaban J connectivity index is 1.77. The smallest absolute Gasteiger partial charge is 0.328 e. The summed E-state index contributed by atoms with van der Waals surface area (Å²) in [5.41, 5.74) is 8.20. The van der Waals surface area contributed by atoms with Crippen molar-refractivity contribution >= 4 is 34.1 Å². The first-order valence-electron chi connectivity index (χ1n) is 10.3. The van der Waals surface area contributed by atoms with Gasteiger partial charge in [0.05, 0.1) is 12.6 Å². The van der Waals surface area contributed by atoms with Crippen LogP contribution in [-0.4, -0.2) is 34.5 Å². The van der Waals surface area contributed by atoms with Crippen LogP contribution in [0.5, 0.6) is 0 Å². The van der Waals surface area contributed by atoms with Gasteiger partial charge < -0.3 is 20.8 Å². The fraction of sp³-hybridized carbons (Fsp3) is 0.409. The molecule has 160 valence electrons. The number of nitrogens with two attached hydrogens (primary N) is 1. The Labute approximate surface area is 180 Å². The van der Waals surface area contributed by atoms with Crippen LogP contribution in [0.1, 0.15) is 60.2 Å². The highest BCUT2D eigenvalue weighted by molar-refractivity contribution is 7.09. The molecule has 2 atom stereocenters. The Morgan fingerprint density at radius 1 is 1.30 bits per heavy atom. The number of fused-ring (bicyclic) bond motifs is 1. The van der Waals surface area contributed by atoms with Crippen LogP contribution in [0.3, 0.4) is 0 Å². The third-order valence-corrected chi connectivity index (χ3v) is 5.92. The second-order valence-electron chi connectivity index (χ2n) is 7.20. The number of para-hydroxylation sites is 1. The number of rotatable bonds is 10. The van der Waals surface area contributed by atoms with Crippen molar-refractivity contribution in [3.8, 4) is 0 Å². The number of unbranched alkanes of at least 4 members (excludes halogenated alkanes) is 1. The largest absolute Gasteiger partial charge is 0.464 e.